The molecule has 2 nitrogen and oxygen atoms in total. The van der Waals surface area contributed by atoms with Crippen LogP contribution in [-0.4, -0.2) is 17.5 Å². The van der Waals surface area contributed by atoms with E-state index >= 15 is 0 Å². The van der Waals surface area contributed by atoms with Gasteiger partial charge in [0.1, 0.15) is 0 Å². The van der Waals surface area contributed by atoms with Crippen LogP contribution in [0.1, 0.15) is 19.8 Å². The smallest absolute Gasteiger partial charge is 0.252 e. The molecule has 5 heteroatoms. The molecule has 0 aromatic heterocycles. The van der Waals surface area contributed by atoms with E-state index in [-0.39, 0.29) is 6.42 Å². The molecular formula is C5H9F3O2. The van der Waals surface area contributed by atoms with Gasteiger partial charge in [-0.15, -0.1) is 0 Å². The first-order valence-corrected chi connectivity index (χ1v) is 2.82. The van der Waals surface area contributed by atoms with E-state index in [0.717, 1.165) is 0 Å². The van der Waals surface area contributed by atoms with Gasteiger partial charge in [-0.05, 0) is 13.3 Å². The van der Waals surface area contributed by atoms with Gasteiger partial charge in [0.05, 0.1) is 6.10 Å². The summed E-state index contributed by atoms with van der Waals surface area (Å²) < 4.78 is 34.2. The number of hydrogen-bond acceptors (Lipinski definition) is 2. The fraction of sp³-hybridized carbons (Fsp3) is 1.00. The largest absolute Gasteiger partial charge is 0.389 e. The van der Waals surface area contributed by atoms with Gasteiger partial charge in [-0.1, -0.05) is 0 Å². The summed E-state index contributed by atoms with van der Waals surface area (Å²) in [6, 6.07) is 0. The second-order valence-electron chi connectivity index (χ2n) is 2.07. The van der Waals surface area contributed by atoms with E-state index < -0.39 is 18.7 Å². The van der Waals surface area contributed by atoms with Crippen molar-refractivity contribution in [1.82, 2.24) is 0 Å². The fourth-order valence-corrected chi connectivity index (χ4v) is 0.420. The van der Waals surface area contributed by atoms with E-state index in [9.17, 15) is 13.2 Å². The topological polar surface area (TPSA) is 29.5 Å². The lowest BCUT2D eigenvalue weighted by Gasteiger charge is -2.08. The molecule has 0 amide bonds. The molecule has 1 atom stereocenters. The molecule has 10 heavy (non-hydrogen) atoms. The van der Waals surface area contributed by atoms with Crippen molar-refractivity contribution in [2.24, 2.45) is 0 Å². The Morgan fingerprint density at radius 1 is 1.50 bits per heavy atom. The predicted molar refractivity (Wildman–Crippen MR) is 28.5 cm³/mol. The van der Waals surface area contributed by atoms with Crippen molar-refractivity contribution in [3.8, 4) is 0 Å². The molecule has 0 aliphatic heterocycles. The van der Waals surface area contributed by atoms with E-state index in [2.05, 4.69) is 4.89 Å². The first-order chi connectivity index (χ1) is 4.45. The molecule has 1 N–H and O–H groups in total. The summed E-state index contributed by atoms with van der Waals surface area (Å²) in [5.41, 5.74) is 0. The van der Waals surface area contributed by atoms with Crippen LogP contribution < -0.4 is 0 Å². The second kappa shape index (κ2) is 3.78. The summed E-state index contributed by atoms with van der Waals surface area (Å²) in [7, 11) is 0. The zero-order chi connectivity index (χ0) is 8.20. The SMILES string of the molecule is CC(CCC(F)(F)F)OO. The Balaban J connectivity index is 3.36. The molecule has 0 bridgehead atoms. The summed E-state index contributed by atoms with van der Waals surface area (Å²) in [5, 5.41) is 7.86. The van der Waals surface area contributed by atoms with Crippen LogP contribution in [0.5, 0.6) is 0 Å². The van der Waals surface area contributed by atoms with Crippen LogP contribution in [0, 0.1) is 0 Å². The van der Waals surface area contributed by atoms with Crippen molar-refractivity contribution in [2.75, 3.05) is 0 Å². The second-order valence-corrected chi connectivity index (χ2v) is 2.07. The Morgan fingerprint density at radius 2 is 2.00 bits per heavy atom. The van der Waals surface area contributed by atoms with Gasteiger partial charge in [-0.2, -0.15) is 13.2 Å². The van der Waals surface area contributed by atoms with Crippen LogP contribution in [0.3, 0.4) is 0 Å². The fourth-order valence-electron chi connectivity index (χ4n) is 0.420. The minimum Gasteiger partial charge on any atom is -0.252 e. The monoisotopic (exact) mass is 158 g/mol. The molecular weight excluding hydrogens is 149 g/mol. The lowest BCUT2D eigenvalue weighted by atomic mass is 10.2. The van der Waals surface area contributed by atoms with Gasteiger partial charge in [0.25, 0.3) is 0 Å². The highest BCUT2D eigenvalue weighted by molar-refractivity contribution is 4.54. The Hall–Kier alpha value is -0.290. The minimum absolute atomic E-state index is 0.208. The van der Waals surface area contributed by atoms with Crippen molar-refractivity contribution in [2.45, 2.75) is 32.0 Å². The minimum atomic E-state index is -4.16. The molecule has 0 aliphatic carbocycles. The molecule has 0 aromatic carbocycles. The molecule has 62 valence electrons. The van der Waals surface area contributed by atoms with E-state index in [1.165, 1.54) is 6.92 Å². The molecule has 0 aromatic rings. The van der Waals surface area contributed by atoms with Crippen molar-refractivity contribution in [1.29, 1.82) is 0 Å². The number of alkyl halides is 3. The standard InChI is InChI=1S/C5H9F3O2/c1-4(10-9)2-3-5(6,7)8/h4,9H,2-3H2,1H3. The molecule has 0 spiro atoms. The van der Waals surface area contributed by atoms with Gasteiger partial charge in [-0.3, -0.25) is 5.26 Å². The van der Waals surface area contributed by atoms with E-state index in [1.54, 1.807) is 0 Å². The van der Waals surface area contributed by atoms with Gasteiger partial charge in [0, 0.05) is 6.42 Å². The highest BCUT2D eigenvalue weighted by Gasteiger charge is 2.27. The molecule has 0 fully saturated rings. The average Bonchev–Trinajstić information content (AvgIpc) is 1.81. The van der Waals surface area contributed by atoms with Gasteiger partial charge >= 0.3 is 6.18 Å². The molecule has 0 rings (SSSR count). The van der Waals surface area contributed by atoms with Crippen LogP contribution in [0.4, 0.5) is 13.2 Å². The lowest BCUT2D eigenvalue weighted by Crippen LogP contribution is -2.13. The van der Waals surface area contributed by atoms with Crippen molar-refractivity contribution >= 4 is 0 Å². The number of hydrogen-bond donors (Lipinski definition) is 1. The lowest BCUT2D eigenvalue weighted by molar-refractivity contribution is -0.278. The molecule has 0 radical (unpaired) electrons. The van der Waals surface area contributed by atoms with Crippen molar-refractivity contribution in [3.05, 3.63) is 0 Å². The zero-order valence-electron chi connectivity index (χ0n) is 5.48. The highest BCUT2D eigenvalue weighted by atomic mass is 19.4. The first-order valence-electron chi connectivity index (χ1n) is 2.82. The Bertz CT molecular complexity index is 91.4. The van der Waals surface area contributed by atoms with Gasteiger partial charge in [0.2, 0.25) is 0 Å². The maximum atomic E-state index is 11.4. The Kier molecular flexibility index (Phi) is 3.67. The van der Waals surface area contributed by atoms with Crippen LogP contribution in [-0.2, 0) is 4.89 Å². The van der Waals surface area contributed by atoms with Crippen molar-refractivity contribution < 1.29 is 23.3 Å². The summed E-state index contributed by atoms with van der Waals surface area (Å²) in [6.45, 7) is 1.37. The first kappa shape index (κ1) is 9.71. The van der Waals surface area contributed by atoms with Crippen molar-refractivity contribution in [3.63, 3.8) is 0 Å². The van der Waals surface area contributed by atoms with E-state index in [4.69, 9.17) is 5.26 Å². The van der Waals surface area contributed by atoms with Gasteiger partial charge < -0.3 is 0 Å². The third-order valence-electron chi connectivity index (χ3n) is 1.01. The molecule has 0 saturated heterocycles. The third kappa shape index (κ3) is 5.84. The number of halogens is 3. The summed E-state index contributed by atoms with van der Waals surface area (Å²) in [6.07, 6.45) is -6.04. The highest BCUT2D eigenvalue weighted by Crippen LogP contribution is 2.22. The maximum Gasteiger partial charge on any atom is 0.389 e. The zero-order valence-corrected chi connectivity index (χ0v) is 5.48. The van der Waals surface area contributed by atoms with Crippen LogP contribution in [0.15, 0.2) is 0 Å². The van der Waals surface area contributed by atoms with Gasteiger partial charge in [0.15, 0.2) is 0 Å². The molecule has 1 unspecified atom stereocenters. The summed E-state index contributed by atoms with van der Waals surface area (Å²) in [4.78, 5) is 3.65. The van der Waals surface area contributed by atoms with E-state index in [1.807, 2.05) is 0 Å². The Morgan fingerprint density at radius 3 is 2.30 bits per heavy atom. The quantitative estimate of drug-likeness (QED) is 0.504. The Labute approximate surface area is 56.5 Å². The molecule has 0 saturated carbocycles. The third-order valence-corrected chi connectivity index (χ3v) is 1.01. The average molecular weight is 158 g/mol. The molecule has 0 heterocycles. The summed E-state index contributed by atoms with van der Waals surface area (Å²) >= 11 is 0. The van der Waals surface area contributed by atoms with Crippen LogP contribution in [0.2, 0.25) is 0 Å². The van der Waals surface area contributed by atoms with Crippen LogP contribution in [0.25, 0.3) is 0 Å². The number of rotatable bonds is 3. The summed E-state index contributed by atoms with van der Waals surface area (Å²) in [5.74, 6) is 0. The van der Waals surface area contributed by atoms with Crippen LogP contribution >= 0.6 is 0 Å². The molecule has 0 aliphatic rings. The van der Waals surface area contributed by atoms with E-state index in [0.29, 0.717) is 0 Å². The van der Waals surface area contributed by atoms with Gasteiger partial charge in [-0.25, -0.2) is 4.89 Å². The normalized spacial score (nSPS) is 15.3. The maximum absolute atomic E-state index is 11.4. The predicted octanol–water partition coefficient (Wildman–Crippen LogP) is 2.21.